The minimum absolute atomic E-state index is 0.112. The van der Waals surface area contributed by atoms with Crippen molar-refractivity contribution < 1.29 is 56.5 Å². The van der Waals surface area contributed by atoms with Gasteiger partial charge in [0.1, 0.15) is 71.7 Å². The maximum Gasteiger partial charge on any atom is 0.312 e. The van der Waals surface area contributed by atoms with Crippen molar-refractivity contribution in [3.8, 4) is 56.1 Å². The van der Waals surface area contributed by atoms with Crippen LogP contribution in [-0.2, 0) is 50.0 Å². The number of hydrogen-bond acceptors (Lipinski definition) is 16. The number of piperazine rings is 1. The van der Waals surface area contributed by atoms with Crippen LogP contribution in [0.3, 0.4) is 0 Å². The normalized spacial score (nSPS) is 13.6. The van der Waals surface area contributed by atoms with Gasteiger partial charge in [0.15, 0.2) is 5.82 Å². The summed E-state index contributed by atoms with van der Waals surface area (Å²) in [5, 5.41) is 9.14. The molecule has 5 N–H and O–H groups in total. The Balaban J connectivity index is 0.860. The number of urea groups is 1. The van der Waals surface area contributed by atoms with E-state index in [-0.39, 0.29) is 62.8 Å². The molecule has 9 rings (SSSR count). The SMILES string of the molecule is COc1ccccc1-c1nccc(COc2ccccc2CC(C)Oc2ncnc3sc(-c4ccc(F)cc4)c(-c4ccc(OCCN5CC[N+](C)(Cc6ccc(NC(=O)C(CCCNC(N)=O)NC=O)cc6CN(C)C(=O)CCCC(=O)OC(C)(C)C)CC5)c(Cl)c4C)c23)n1. The van der Waals surface area contributed by atoms with Crippen LogP contribution in [0, 0.1) is 12.7 Å². The van der Waals surface area contributed by atoms with Crippen molar-refractivity contribution >= 4 is 69.1 Å². The standard InChI is InChI=1S/C72H83ClFN11O10S/c1-46(39-49-15-9-11-18-58(49)93-43-54-30-32-76-67(81-54)56-16-10-12-19-59(56)91-8)94-69-64-63(66(96-70(64)79-44-78-69)48-22-25-52(74)26-23-48)55-28-29-60(65(73)47(55)2)92-38-35-84-33-36-85(7,37-34-84)42-50-24-27-53(82-68(89)57(80-45-86)17-14-31-77-71(75)90)40-51(50)41-83(6)61(87)20-13-21-62(88)95-72(3,4)5/h9-12,15-16,18-19,22-30,32,40,44-46,57H,13-14,17,20-21,31,33-39,41-43H2,1-8H3,(H4-,75,77,80,82,86,89,90)/p+1. The van der Waals surface area contributed by atoms with Gasteiger partial charge in [-0.1, -0.05) is 66.2 Å². The molecule has 2 unspecified atom stereocenters. The van der Waals surface area contributed by atoms with Gasteiger partial charge in [0.2, 0.25) is 24.1 Å². The second kappa shape index (κ2) is 32.9. The van der Waals surface area contributed by atoms with E-state index >= 15 is 0 Å². The number of likely N-dealkylation sites (N-methyl/N-ethyl adjacent to an activating group) is 1. The number of esters is 1. The fraction of sp³-hybridized carbons (Fsp3) is 0.375. The van der Waals surface area contributed by atoms with Crippen molar-refractivity contribution in [3.63, 3.8) is 0 Å². The number of ether oxygens (including phenoxy) is 5. The van der Waals surface area contributed by atoms with Crippen LogP contribution in [0.2, 0.25) is 5.02 Å². The van der Waals surface area contributed by atoms with E-state index in [9.17, 15) is 28.4 Å². The maximum atomic E-state index is 14.5. The monoisotopic (exact) mass is 1350 g/mol. The summed E-state index contributed by atoms with van der Waals surface area (Å²) in [4.78, 5) is 86.5. The molecule has 506 valence electrons. The lowest BCUT2D eigenvalue weighted by Gasteiger charge is -2.42. The second-order valence-electron chi connectivity index (χ2n) is 25.2. The Morgan fingerprint density at radius 1 is 0.875 bits per heavy atom. The van der Waals surface area contributed by atoms with Crippen molar-refractivity contribution in [2.75, 3.05) is 72.4 Å². The lowest BCUT2D eigenvalue weighted by molar-refractivity contribution is -0.926. The molecule has 1 aliphatic rings. The Morgan fingerprint density at radius 2 is 1.62 bits per heavy atom. The number of rotatable bonds is 31. The number of nitrogens with two attached hydrogens (primary N) is 1. The number of halogens is 2. The molecule has 5 amide bonds. The predicted octanol–water partition coefficient (Wildman–Crippen LogP) is 11.5. The molecule has 4 heterocycles. The molecule has 24 heteroatoms. The van der Waals surface area contributed by atoms with Crippen LogP contribution >= 0.6 is 22.9 Å². The number of thiophene rings is 1. The summed E-state index contributed by atoms with van der Waals surface area (Å²) in [7, 11) is 5.55. The number of nitrogens with one attached hydrogen (secondary N) is 3. The molecule has 5 aromatic carbocycles. The first-order chi connectivity index (χ1) is 46.1. The zero-order valence-electron chi connectivity index (χ0n) is 55.5. The average molecular weight is 1350 g/mol. The molecule has 2 atom stereocenters. The lowest BCUT2D eigenvalue weighted by Crippen LogP contribution is -2.57. The highest BCUT2D eigenvalue weighted by Gasteiger charge is 2.32. The number of fused-ring (bicyclic) bond motifs is 1. The molecular formula is C72H84ClFN11O10S+. The first kappa shape index (κ1) is 71.0. The zero-order valence-corrected chi connectivity index (χ0v) is 57.1. The van der Waals surface area contributed by atoms with E-state index in [2.05, 4.69) is 32.9 Å². The second-order valence-corrected chi connectivity index (χ2v) is 26.5. The van der Waals surface area contributed by atoms with E-state index in [0.717, 1.165) is 75.6 Å². The van der Waals surface area contributed by atoms with Gasteiger partial charge in [0.05, 0.1) is 48.9 Å². The van der Waals surface area contributed by atoms with Crippen molar-refractivity contribution in [2.24, 2.45) is 5.73 Å². The van der Waals surface area contributed by atoms with E-state index in [4.69, 9.17) is 56.0 Å². The molecule has 0 saturated carbocycles. The number of quaternary nitrogens is 1. The number of anilines is 1. The van der Waals surface area contributed by atoms with Crippen molar-refractivity contribution in [1.82, 2.24) is 40.4 Å². The minimum atomic E-state index is -0.875. The Bertz CT molecular complexity index is 4030. The fourth-order valence-electron chi connectivity index (χ4n) is 11.5. The third-order valence-corrected chi connectivity index (χ3v) is 18.2. The highest BCUT2D eigenvalue weighted by molar-refractivity contribution is 7.22. The Hall–Kier alpha value is -9.29. The molecule has 0 radical (unpaired) electrons. The number of amides is 5. The van der Waals surface area contributed by atoms with Gasteiger partial charge in [-0.3, -0.25) is 24.1 Å². The molecule has 0 bridgehead atoms. The van der Waals surface area contributed by atoms with Gasteiger partial charge in [0, 0.05) is 86.9 Å². The number of nitrogens with zero attached hydrogens (tertiary/aromatic N) is 7. The van der Waals surface area contributed by atoms with Crippen LogP contribution in [0.15, 0.2) is 122 Å². The smallest absolute Gasteiger partial charge is 0.312 e. The van der Waals surface area contributed by atoms with E-state index in [1.54, 1.807) is 58.2 Å². The molecule has 96 heavy (non-hydrogen) atoms. The molecule has 3 aromatic heterocycles. The summed E-state index contributed by atoms with van der Waals surface area (Å²) >= 11 is 8.77. The van der Waals surface area contributed by atoms with Gasteiger partial charge in [-0.25, -0.2) is 29.1 Å². The van der Waals surface area contributed by atoms with Gasteiger partial charge in [0.25, 0.3) is 0 Å². The van der Waals surface area contributed by atoms with Crippen molar-refractivity contribution in [2.45, 2.75) is 111 Å². The van der Waals surface area contributed by atoms with E-state index in [1.165, 1.54) is 29.8 Å². The van der Waals surface area contributed by atoms with Gasteiger partial charge < -0.3 is 54.8 Å². The Kier molecular flexibility index (Phi) is 24.3. The lowest BCUT2D eigenvalue weighted by atomic mass is 9.96. The van der Waals surface area contributed by atoms with Gasteiger partial charge in [-0.05, 0) is 136 Å². The zero-order chi connectivity index (χ0) is 68.5. The van der Waals surface area contributed by atoms with Gasteiger partial charge in [-0.2, -0.15) is 0 Å². The Morgan fingerprint density at radius 3 is 2.36 bits per heavy atom. The first-order valence-corrected chi connectivity index (χ1v) is 33.2. The van der Waals surface area contributed by atoms with E-state index in [0.29, 0.717) is 105 Å². The molecule has 1 aliphatic heterocycles. The summed E-state index contributed by atoms with van der Waals surface area (Å²) < 4.78 is 45.9. The van der Waals surface area contributed by atoms with Crippen LogP contribution in [0.4, 0.5) is 14.9 Å². The number of carbonyl (C=O) groups excluding carboxylic acids is 5. The van der Waals surface area contributed by atoms with Crippen LogP contribution in [-0.4, -0.2) is 149 Å². The number of carbonyl (C=O) groups is 5. The van der Waals surface area contributed by atoms with Crippen LogP contribution in [0.5, 0.6) is 23.1 Å². The van der Waals surface area contributed by atoms with Gasteiger partial charge in [-0.15, -0.1) is 11.3 Å². The number of benzene rings is 5. The van der Waals surface area contributed by atoms with E-state index in [1.807, 2.05) is 98.8 Å². The third kappa shape index (κ3) is 19.2. The van der Waals surface area contributed by atoms with Gasteiger partial charge >= 0.3 is 12.0 Å². The quantitative estimate of drug-likeness (QED) is 0.0136. The van der Waals surface area contributed by atoms with Crippen LogP contribution in [0.25, 0.3) is 43.2 Å². The molecule has 0 aliphatic carbocycles. The number of para-hydroxylation sites is 2. The number of primary amides is 1. The summed E-state index contributed by atoms with van der Waals surface area (Å²) in [5.74, 6) is 1.51. The van der Waals surface area contributed by atoms with E-state index < -0.39 is 23.6 Å². The number of aromatic nitrogens is 4. The Labute approximate surface area is 568 Å². The molecule has 1 fully saturated rings. The predicted molar refractivity (Wildman–Crippen MR) is 369 cm³/mol. The molecular weight excluding hydrogens is 1270 g/mol. The highest BCUT2D eigenvalue weighted by atomic mass is 35.5. The topological polar surface area (TPSA) is 252 Å². The molecule has 8 aromatic rings. The summed E-state index contributed by atoms with van der Waals surface area (Å²) in [6, 6.07) is 31.6. The average Bonchev–Trinajstić information content (AvgIpc) is 1.57. The van der Waals surface area contributed by atoms with Crippen LogP contribution < -0.4 is 40.6 Å². The molecule has 1 saturated heterocycles. The number of hydrogen-bond donors (Lipinski definition) is 4. The summed E-state index contributed by atoms with van der Waals surface area (Å²) in [5.41, 5.74) is 12.5. The third-order valence-electron chi connectivity index (χ3n) is 16.6. The first-order valence-electron chi connectivity index (χ1n) is 32.0. The highest BCUT2D eigenvalue weighted by Crippen LogP contribution is 2.50. The van der Waals surface area contributed by atoms with Crippen molar-refractivity contribution in [1.29, 1.82) is 0 Å². The summed E-state index contributed by atoms with van der Waals surface area (Å²) in [6.07, 6.45) is 4.99. The fourth-order valence-corrected chi connectivity index (χ4v) is 12.9. The van der Waals surface area contributed by atoms with Crippen molar-refractivity contribution in [3.05, 3.63) is 161 Å². The largest absolute Gasteiger partial charge is 0.496 e. The summed E-state index contributed by atoms with van der Waals surface area (Å²) in [6.45, 7) is 14.9. The minimum Gasteiger partial charge on any atom is -0.496 e. The molecule has 0 spiro atoms. The van der Waals surface area contributed by atoms with Crippen LogP contribution in [0.1, 0.15) is 87.7 Å². The number of methoxy groups -OCH3 is 1. The maximum absolute atomic E-state index is 14.5. The molecule has 21 nitrogen and oxygen atoms in total.